The van der Waals surface area contributed by atoms with Crippen molar-refractivity contribution in [2.24, 2.45) is 23.2 Å². The third-order valence-corrected chi connectivity index (χ3v) is 4.24. The second-order valence-electron chi connectivity index (χ2n) is 4.88. The smallest absolute Gasteiger partial charge is 0.0462 e. The Morgan fingerprint density at radius 3 is 2.45 bits per heavy atom. The summed E-state index contributed by atoms with van der Waals surface area (Å²) in [4.78, 5) is 0. The van der Waals surface area contributed by atoms with Gasteiger partial charge in [0, 0.05) is 6.61 Å². The number of aliphatic hydroxyl groups is 1. The second kappa shape index (κ2) is 2.22. The number of fused-ring (bicyclic) bond motifs is 2. The van der Waals surface area contributed by atoms with Gasteiger partial charge in [0.25, 0.3) is 0 Å². The van der Waals surface area contributed by atoms with Crippen molar-refractivity contribution in [1.82, 2.24) is 0 Å². The van der Waals surface area contributed by atoms with Crippen LogP contribution < -0.4 is 0 Å². The fourth-order valence-corrected chi connectivity index (χ4v) is 3.18. The lowest BCUT2D eigenvalue weighted by Gasteiger charge is -2.59. The standard InChI is InChI=1S/C10H18O/c1-10(2)8-4-3-7(6-11)9(10)5-8/h7-9,11H,3-6H2,1-2H3/t7-,8?,9?/m0/s1. The van der Waals surface area contributed by atoms with Crippen molar-refractivity contribution in [3.05, 3.63) is 0 Å². The highest BCUT2D eigenvalue weighted by molar-refractivity contribution is 5.02. The average Bonchev–Trinajstić information content (AvgIpc) is 2.04. The Labute approximate surface area is 68.8 Å². The molecule has 0 heterocycles. The lowest BCUT2D eigenvalue weighted by Crippen LogP contribution is -2.53. The van der Waals surface area contributed by atoms with E-state index in [9.17, 15) is 0 Å². The van der Waals surface area contributed by atoms with Gasteiger partial charge < -0.3 is 5.11 Å². The molecule has 3 atom stereocenters. The SMILES string of the molecule is CC1(C)C2CC[C@@H](CO)C1C2. The molecule has 1 nitrogen and oxygen atoms in total. The van der Waals surface area contributed by atoms with Crippen molar-refractivity contribution in [2.75, 3.05) is 6.61 Å². The molecule has 64 valence electrons. The molecule has 2 unspecified atom stereocenters. The summed E-state index contributed by atoms with van der Waals surface area (Å²) in [5.41, 5.74) is 0.547. The number of aliphatic hydroxyl groups excluding tert-OH is 1. The summed E-state index contributed by atoms with van der Waals surface area (Å²) >= 11 is 0. The Hall–Kier alpha value is -0.0400. The first-order valence-corrected chi connectivity index (χ1v) is 4.77. The molecule has 0 aromatic carbocycles. The zero-order valence-corrected chi connectivity index (χ0v) is 7.51. The monoisotopic (exact) mass is 154 g/mol. The summed E-state index contributed by atoms with van der Waals surface area (Å²) in [5, 5.41) is 9.12. The molecule has 0 aliphatic heterocycles. The molecule has 0 amide bonds. The van der Waals surface area contributed by atoms with E-state index in [1.54, 1.807) is 0 Å². The quantitative estimate of drug-likeness (QED) is 0.613. The Morgan fingerprint density at radius 1 is 1.36 bits per heavy atom. The summed E-state index contributed by atoms with van der Waals surface area (Å²) in [7, 11) is 0. The van der Waals surface area contributed by atoms with Gasteiger partial charge in [-0.3, -0.25) is 0 Å². The summed E-state index contributed by atoms with van der Waals surface area (Å²) in [6.45, 7) is 5.15. The minimum Gasteiger partial charge on any atom is -0.396 e. The third kappa shape index (κ3) is 0.868. The molecule has 0 saturated heterocycles. The van der Waals surface area contributed by atoms with Gasteiger partial charge in [-0.05, 0) is 42.4 Å². The topological polar surface area (TPSA) is 20.2 Å². The van der Waals surface area contributed by atoms with Gasteiger partial charge in [0.1, 0.15) is 0 Å². The third-order valence-electron chi connectivity index (χ3n) is 4.24. The van der Waals surface area contributed by atoms with Crippen LogP contribution in [0.4, 0.5) is 0 Å². The van der Waals surface area contributed by atoms with E-state index in [1.165, 1.54) is 19.3 Å². The average molecular weight is 154 g/mol. The Morgan fingerprint density at radius 2 is 2.09 bits per heavy atom. The first-order valence-electron chi connectivity index (χ1n) is 4.77. The summed E-state index contributed by atoms with van der Waals surface area (Å²) in [5.74, 6) is 2.41. The summed E-state index contributed by atoms with van der Waals surface area (Å²) in [6.07, 6.45) is 4.02. The molecular formula is C10H18O. The predicted molar refractivity (Wildman–Crippen MR) is 45.2 cm³/mol. The van der Waals surface area contributed by atoms with Crippen molar-refractivity contribution < 1.29 is 5.11 Å². The molecule has 0 radical (unpaired) electrons. The highest BCUT2D eigenvalue weighted by Crippen LogP contribution is 2.61. The molecule has 3 saturated carbocycles. The molecule has 3 aliphatic rings. The van der Waals surface area contributed by atoms with Crippen molar-refractivity contribution in [3.63, 3.8) is 0 Å². The molecule has 3 fully saturated rings. The van der Waals surface area contributed by atoms with E-state index in [4.69, 9.17) is 5.11 Å². The largest absolute Gasteiger partial charge is 0.396 e. The van der Waals surface area contributed by atoms with Crippen LogP contribution in [0.25, 0.3) is 0 Å². The van der Waals surface area contributed by atoms with Crippen LogP contribution >= 0.6 is 0 Å². The normalized spacial score (nSPS) is 46.6. The van der Waals surface area contributed by atoms with Gasteiger partial charge in [0.15, 0.2) is 0 Å². The Bertz CT molecular complexity index is 160. The molecule has 1 heteroatoms. The van der Waals surface area contributed by atoms with Crippen LogP contribution in [0.15, 0.2) is 0 Å². The fraction of sp³-hybridized carbons (Fsp3) is 1.00. The van der Waals surface area contributed by atoms with Gasteiger partial charge in [0.2, 0.25) is 0 Å². The van der Waals surface area contributed by atoms with Gasteiger partial charge >= 0.3 is 0 Å². The maximum absolute atomic E-state index is 9.12. The van der Waals surface area contributed by atoms with E-state index in [2.05, 4.69) is 13.8 Å². The van der Waals surface area contributed by atoms with Gasteiger partial charge in [-0.15, -0.1) is 0 Å². The van der Waals surface area contributed by atoms with E-state index in [1.807, 2.05) is 0 Å². The van der Waals surface area contributed by atoms with E-state index < -0.39 is 0 Å². The molecule has 0 aromatic rings. The van der Waals surface area contributed by atoms with Gasteiger partial charge in [0.05, 0.1) is 0 Å². The predicted octanol–water partition coefficient (Wildman–Crippen LogP) is 2.05. The van der Waals surface area contributed by atoms with Crippen LogP contribution in [0, 0.1) is 23.2 Å². The maximum atomic E-state index is 9.12. The molecule has 0 aromatic heterocycles. The van der Waals surface area contributed by atoms with Gasteiger partial charge in [-0.2, -0.15) is 0 Å². The lowest BCUT2D eigenvalue weighted by molar-refractivity contribution is -0.116. The first-order chi connectivity index (χ1) is 5.16. The highest BCUT2D eigenvalue weighted by Gasteiger charge is 2.53. The highest BCUT2D eigenvalue weighted by atomic mass is 16.3. The summed E-state index contributed by atoms with van der Waals surface area (Å²) < 4.78 is 0. The van der Waals surface area contributed by atoms with Crippen molar-refractivity contribution in [1.29, 1.82) is 0 Å². The zero-order chi connectivity index (χ0) is 8.06. The fourth-order valence-electron chi connectivity index (χ4n) is 3.18. The molecule has 1 N–H and O–H groups in total. The van der Waals surface area contributed by atoms with Crippen LogP contribution in [-0.2, 0) is 0 Å². The van der Waals surface area contributed by atoms with Crippen LogP contribution in [0.3, 0.4) is 0 Å². The van der Waals surface area contributed by atoms with Crippen molar-refractivity contribution in [3.8, 4) is 0 Å². The van der Waals surface area contributed by atoms with Crippen molar-refractivity contribution >= 4 is 0 Å². The van der Waals surface area contributed by atoms with Crippen molar-refractivity contribution in [2.45, 2.75) is 33.1 Å². The van der Waals surface area contributed by atoms with E-state index in [-0.39, 0.29) is 0 Å². The van der Waals surface area contributed by atoms with Crippen LogP contribution in [-0.4, -0.2) is 11.7 Å². The minimum atomic E-state index is 0.417. The van der Waals surface area contributed by atoms with Crippen LogP contribution in [0.1, 0.15) is 33.1 Å². The molecule has 11 heavy (non-hydrogen) atoms. The molecular weight excluding hydrogens is 136 g/mol. The number of hydrogen-bond donors (Lipinski definition) is 1. The molecule has 0 spiro atoms. The minimum absolute atomic E-state index is 0.417. The lowest BCUT2D eigenvalue weighted by atomic mass is 9.46. The van der Waals surface area contributed by atoms with E-state index in [0.717, 1.165) is 11.8 Å². The van der Waals surface area contributed by atoms with E-state index in [0.29, 0.717) is 17.9 Å². The second-order valence-corrected chi connectivity index (χ2v) is 4.88. The summed E-state index contributed by atoms with van der Waals surface area (Å²) in [6, 6.07) is 0. The van der Waals surface area contributed by atoms with Crippen LogP contribution in [0.2, 0.25) is 0 Å². The molecule has 2 bridgehead atoms. The Balaban J connectivity index is 2.10. The molecule has 3 rings (SSSR count). The zero-order valence-electron chi connectivity index (χ0n) is 7.51. The maximum Gasteiger partial charge on any atom is 0.0462 e. The van der Waals surface area contributed by atoms with Gasteiger partial charge in [-0.1, -0.05) is 13.8 Å². The first kappa shape index (κ1) is 7.60. The van der Waals surface area contributed by atoms with Crippen LogP contribution in [0.5, 0.6) is 0 Å². The van der Waals surface area contributed by atoms with Gasteiger partial charge in [-0.25, -0.2) is 0 Å². The molecule has 3 aliphatic carbocycles. The number of hydrogen-bond acceptors (Lipinski definition) is 1. The Kier molecular flexibility index (Phi) is 1.54. The van der Waals surface area contributed by atoms with E-state index >= 15 is 0 Å². The number of rotatable bonds is 1.